The molecule has 0 spiro atoms. The van der Waals surface area contributed by atoms with Gasteiger partial charge in [-0.1, -0.05) is 65.8 Å². The molecular formula is C25H36. The summed E-state index contributed by atoms with van der Waals surface area (Å²) in [5.74, 6) is 0. The van der Waals surface area contributed by atoms with E-state index in [0.29, 0.717) is 0 Å². The summed E-state index contributed by atoms with van der Waals surface area (Å²) in [7, 11) is 0. The van der Waals surface area contributed by atoms with Crippen molar-refractivity contribution in [3.05, 3.63) is 68.8 Å². The smallest absolute Gasteiger partial charge is 0.00254 e. The molecule has 0 heterocycles. The Morgan fingerprint density at radius 2 is 0.720 bits per heavy atom. The molecule has 0 aliphatic carbocycles. The van der Waals surface area contributed by atoms with Crippen LogP contribution < -0.4 is 0 Å². The summed E-state index contributed by atoms with van der Waals surface area (Å²) in [6, 6.07) is 9.85. The molecule has 0 atom stereocenters. The Morgan fingerprint density at radius 1 is 0.440 bits per heavy atom. The third-order valence-corrected chi connectivity index (χ3v) is 5.63. The zero-order valence-corrected chi connectivity index (χ0v) is 17.3. The van der Waals surface area contributed by atoms with Crippen LogP contribution in [-0.2, 0) is 44.9 Å². The molecule has 136 valence electrons. The fraction of sp³-hybridized carbons (Fsp3) is 0.520. The summed E-state index contributed by atoms with van der Waals surface area (Å²) in [5, 5.41) is 0. The third kappa shape index (κ3) is 4.35. The fourth-order valence-electron chi connectivity index (χ4n) is 4.35. The first kappa shape index (κ1) is 19.8. The Kier molecular flexibility index (Phi) is 7.29. The predicted molar refractivity (Wildman–Crippen MR) is 112 cm³/mol. The van der Waals surface area contributed by atoms with E-state index in [0.717, 1.165) is 44.9 Å². The lowest BCUT2D eigenvalue weighted by Gasteiger charge is -2.17. The standard InChI is InChI=1S/C25H36/c1-7-20-14-18(15-21(8-2)24(20)11-5)13-19-16-22(9-3)25(12-6)23(10-4)17-19/h14-17H,7-13H2,1-6H3. The topological polar surface area (TPSA) is 0 Å². The molecule has 0 bridgehead atoms. The van der Waals surface area contributed by atoms with Gasteiger partial charge in [-0.15, -0.1) is 0 Å². The van der Waals surface area contributed by atoms with Gasteiger partial charge in [-0.25, -0.2) is 0 Å². The second-order valence-electron chi connectivity index (χ2n) is 7.08. The minimum absolute atomic E-state index is 1.06. The maximum atomic E-state index is 2.46. The van der Waals surface area contributed by atoms with Gasteiger partial charge < -0.3 is 0 Å². The summed E-state index contributed by atoms with van der Waals surface area (Å²) in [6.07, 6.45) is 7.92. The van der Waals surface area contributed by atoms with Gasteiger partial charge in [-0.2, -0.15) is 0 Å². The molecule has 0 heteroatoms. The van der Waals surface area contributed by atoms with E-state index in [2.05, 4.69) is 65.8 Å². The van der Waals surface area contributed by atoms with Gasteiger partial charge in [0.05, 0.1) is 0 Å². The molecule has 0 saturated carbocycles. The van der Waals surface area contributed by atoms with E-state index in [4.69, 9.17) is 0 Å². The summed E-state index contributed by atoms with van der Waals surface area (Å²) in [5.41, 5.74) is 12.3. The van der Waals surface area contributed by atoms with Gasteiger partial charge in [0, 0.05) is 0 Å². The summed E-state index contributed by atoms with van der Waals surface area (Å²) < 4.78 is 0. The van der Waals surface area contributed by atoms with Gasteiger partial charge in [-0.05, 0) is 89.5 Å². The highest BCUT2D eigenvalue weighted by Crippen LogP contribution is 2.25. The van der Waals surface area contributed by atoms with Crippen LogP contribution in [0.3, 0.4) is 0 Å². The molecule has 0 aliphatic rings. The molecule has 0 fully saturated rings. The Morgan fingerprint density at radius 3 is 0.920 bits per heavy atom. The van der Waals surface area contributed by atoms with Crippen LogP contribution >= 0.6 is 0 Å². The van der Waals surface area contributed by atoms with Crippen molar-refractivity contribution in [3.63, 3.8) is 0 Å². The lowest BCUT2D eigenvalue weighted by Crippen LogP contribution is -2.03. The molecule has 0 aliphatic heterocycles. The maximum Gasteiger partial charge on any atom is -0.00254 e. The van der Waals surface area contributed by atoms with Crippen LogP contribution in [0.2, 0.25) is 0 Å². The van der Waals surface area contributed by atoms with Crippen molar-refractivity contribution in [2.75, 3.05) is 0 Å². The van der Waals surface area contributed by atoms with Crippen LogP contribution in [0.15, 0.2) is 24.3 Å². The van der Waals surface area contributed by atoms with Gasteiger partial charge in [-0.3, -0.25) is 0 Å². The molecule has 0 amide bonds. The first-order valence-electron chi connectivity index (χ1n) is 10.4. The largest absolute Gasteiger partial charge is 0.0613 e. The van der Waals surface area contributed by atoms with Gasteiger partial charge in [0.2, 0.25) is 0 Å². The van der Waals surface area contributed by atoms with E-state index in [-0.39, 0.29) is 0 Å². The molecular weight excluding hydrogens is 300 g/mol. The van der Waals surface area contributed by atoms with Gasteiger partial charge >= 0.3 is 0 Å². The van der Waals surface area contributed by atoms with Crippen molar-refractivity contribution in [3.8, 4) is 0 Å². The molecule has 25 heavy (non-hydrogen) atoms. The van der Waals surface area contributed by atoms with E-state index in [1.165, 1.54) is 11.1 Å². The normalized spacial score (nSPS) is 11.1. The predicted octanol–water partition coefficient (Wildman–Crippen LogP) is 6.65. The number of aryl methyl sites for hydroxylation is 4. The molecule has 2 rings (SSSR count). The highest BCUT2D eigenvalue weighted by atomic mass is 14.2. The Labute approximate surface area is 155 Å². The third-order valence-electron chi connectivity index (χ3n) is 5.63. The lowest BCUT2D eigenvalue weighted by molar-refractivity contribution is 0.954. The Balaban J connectivity index is 2.45. The van der Waals surface area contributed by atoms with Crippen molar-refractivity contribution in [1.29, 1.82) is 0 Å². The zero-order valence-electron chi connectivity index (χ0n) is 17.3. The minimum Gasteiger partial charge on any atom is -0.0613 e. The van der Waals surface area contributed by atoms with Crippen molar-refractivity contribution in [1.82, 2.24) is 0 Å². The molecule has 2 aromatic carbocycles. The van der Waals surface area contributed by atoms with E-state index >= 15 is 0 Å². The quantitative estimate of drug-likeness (QED) is 0.506. The zero-order chi connectivity index (χ0) is 18.4. The van der Waals surface area contributed by atoms with Gasteiger partial charge in [0.15, 0.2) is 0 Å². The van der Waals surface area contributed by atoms with Crippen LogP contribution in [0.25, 0.3) is 0 Å². The summed E-state index contributed by atoms with van der Waals surface area (Å²) in [6.45, 7) is 13.7. The van der Waals surface area contributed by atoms with E-state index in [1.807, 2.05) is 0 Å². The molecule has 0 nitrogen and oxygen atoms in total. The Hall–Kier alpha value is -1.56. The average Bonchev–Trinajstić information content (AvgIpc) is 2.65. The van der Waals surface area contributed by atoms with Crippen molar-refractivity contribution in [2.24, 2.45) is 0 Å². The number of hydrogen-bond acceptors (Lipinski definition) is 0. The molecule has 0 N–H and O–H groups in total. The highest BCUT2D eigenvalue weighted by Gasteiger charge is 2.11. The SMILES string of the molecule is CCc1cc(Cc2cc(CC)c(CC)c(CC)c2)cc(CC)c1CC. The maximum absolute atomic E-state index is 2.46. The number of rotatable bonds is 8. The average molecular weight is 337 g/mol. The van der Waals surface area contributed by atoms with Crippen LogP contribution in [0.5, 0.6) is 0 Å². The fourth-order valence-corrected chi connectivity index (χ4v) is 4.35. The van der Waals surface area contributed by atoms with Crippen LogP contribution in [-0.4, -0.2) is 0 Å². The van der Waals surface area contributed by atoms with Crippen molar-refractivity contribution < 1.29 is 0 Å². The molecule has 0 radical (unpaired) electrons. The lowest BCUT2D eigenvalue weighted by atomic mass is 9.88. The number of benzene rings is 2. The van der Waals surface area contributed by atoms with Crippen LogP contribution in [0.4, 0.5) is 0 Å². The summed E-state index contributed by atoms with van der Waals surface area (Å²) >= 11 is 0. The minimum atomic E-state index is 1.06. The molecule has 0 unspecified atom stereocenters. The second kappa shape index (κ2) is 9.22. The van der Waals surface area contributed by atoms with E-state index < -0.39 is 0 Å². The Bertz CT molecular complexity index is 594. The first-order chi connectivity index (χ1) is 12.1. The number of hydrogen-bond donors (Lipinski definition) is 0. The summed E-state index contributed by atoms with van der Waals surface area (Å²) in [4.78, 5) is 0. The van der Waals surface area contributed by atoms with Crippen LogP contribution in [0.1, 0.15) is 86.1 Å². The molecule has 2 aromatic rings. The first-order valence-corrected chi connectivity index (χ1v) is 10.4. The van der Waals surface area contributed by atoms with E-state index in [9.17, 15) is 0 Å². The van der Waals surface area contributed by atoms with Crippen LogP contribution in [0, 0.1) is 0 Å². The van der Waals surface area contributed by atoms with Crippen molar-refractivity contribution >= 4 is 0 Å². The molecule has 0 aromatic heterocycles. The highest BCUT2D eigenvalue weighted by molar-refractivity contribution is 5.44. The molecule has 0 saturated heterocycles. The second-order valence-corrected chi connectivity index (χ2v) is 7.08. The van der Waals surface area contributed by atoms with Crippen molar-refractivity contribution in [2.45, 2.75) is 86.5 Å². The van der Waals surface area contributed by atoms with Gasteiger partial charge in [0.1, 0.15) is 0 Å². The van der Waals surface area contributed by atoms with E-state index in [1.54, 1.807) is 33.4 Å². The van der Waals surface area contributed by atoms with Gasteiger partial charge in [0.25, 0.3) is 0 Å². The monoisotopic (exact) mass is 336 g/mol.